The van der Waals surface area contributed by atoms with E-state index in [0.717, 1.165) is 17.1 Å². The van der Waals surface area contributed by atoms with E-state index in [9.17, 15) is 13.2 Å². The van der Waals surface area contributed by atoms with E-state index >= 15 is 0 Å². The smallest absolute Gasteiger partial charge is 0.354 e. The molecule has 0 amide bonds. The second-order valence-corrected chi connectivity index (χ2v) is 8.97. The number of benzene rings is 1. The Kier molecular flexibility index (Phi) is 5.24. The van der Waals surface area contributed by atoms with Crippen molar-refractivity contribution in [2.75, 3.05) is 40.1 Å². The van der Waals surface area contributed by atoms with Crippen LogP contribution in [-0.4, -0.2) is 68.2 Å². The molecule has 2 aliphatic heterocycles. The Morgan fingerprint density at radius 2 is 1.83 bits per heavy atom. The van der Waals surface area contributed by atoms with E-state index in [4.69, 9.17) is 14.2 Å². The molecule has 2 aliphatic rings. The van der Waals surface area contributed by atoms with Crippen LogP contribution in [0.1, 0.15) is 16.1 Å². The first-order valence-corrected chi connectivity index (χ1v) is 10.7. The van der Waals surface area contributed by atoms with Crippen molar-refractivity contribution in [3.63, 3.8) is 0 Å². The summed E-state index contributed by atoms with van der Waals surface area (Å²) < 4.78 is 44.3. The van der Waals surface area contributed by atoms with Crippen LogP contribution in [0.25, 0.3) is 0 Å². The average molecular weight is 421 g/mol. The molecule has 0 atom stereocenters. The van der Waals surface area contributed by atoms with Gasteiger partial charge in [0.25, 0.3) is 0 Å². The zero-order valence-electron chi connectivity index (χ0n) is 16.3. The predicted octanol–water partition coefficient (Wildman–Crippen LogP) is 1.05. The fourth-order valence-electron chi connectivity index (χ4n) is 3.56. The zero-order chi connectivity index (χ0) is 20.6. The Labute approximate surface area is 169 Å². The number of carbonyl (C=O) groups excluding carboxylic acids is 1. The van der Waals surface area contributed by atoms with Crippen LogP contribution in [0.2, 0.25) is 0 Å². The van der Waals surface area contributed by atoms with Gasteiger partial charge in [-0.25, -0.2) is 13.2 Å². The third kappa shape index (κ3) is 3.83. The van der Waals surface area contributed by atoms with Gasteiger partial charge in [-0.05, 0) is 23.8 Å². The second-order valence-electron chi connectivity index (χ2n) is 7.03. The fraction of sp³-hybridized carbons (Fsp3) is 0.421. The Morgan fingerprint density at radius 3 is 2.55 bits per heavy atom. The maximum atomic E-state index is 13.0. The third-order valence-corrected chi connectivity index (χ3v) is 7.05. The molecule has 3 heterocycles. The highest BCUT2D eigenvalue weighted by Crippen LogP contribution is 2.33. The number of aryl methyl sites for hydroxylation is 1. The summed E-state index contributed by atoms with van der Waals surface area (Å²) in [6.45, 7) is 2.95. The summed E-state index contributed by atoms with van der Waals surface area (Å²) in [6, 6.07) is 7.21. The number of aromatic nitrogens is 1. The van der Waals surface area contributed by atoms with Gasteiger partial charge >= 0.3 is 5.97 Å². The molecule has 1 fully saturated rings. The summed E-state index contributed by atoms with van der Waals surface area (Å²) in [5.41, 5.74) is 1.30. The summed E-state index contributed by atoms with van der Waals surface area (Å²) in [4.78, 5) is 14.1. The molecule has 1 saturated heterocycles. The molecule has 1 aromatic heterocycles. The van der Waals surface area contributed by atoms with E-state index < -0.39 is 16.0 Å². The van der Waals surface area contributed by atoms with E-state index in [0.29, 0.717) is 32.7 Å². The van der Waals surface area contributed by atoms with Gasteiger partial charge in [-0.2, -0.15) is 4.31 Å². The first kappa shape index (κ1) is 19.7. The first-order valence-electron chi connectivity index (χ1n) is 9.24. The van der Waals surface area contributed by atoms with Crippen molar-refractivity contribution >= 4 is 16.0 Å². The van der Waals surface area contributed by atoms with Gasteiger partial charge in [-0.3, -0.25) is 4.90 Å². The predicted molar refractivity (Wildman–Crippen MR) is 103 cm³/mol. The van der Waals surface area contributed by atoms with Crippen LogP contribution in [0.4, 0.5) is 0 Å². The summed E-state index contributed by atoms with van der Waals surface area (Å²) in [7, 11) is -0.782. The third-order valence-electron chi connectivity index (χ3n) is 5.19. The normalized spacial score (nSPS) is 17.4. The quantitative estimate of drug-likeness (QED) is 0.667. The molecule has 9 nitrogen and oxygen atoms in total. The van der Waals surface area contributed by atoms with Crippen LogP contribution >= 0.6 is 0 Å². The monoisotopic (exact) mass is 421 g/mol. The lowest BCUT2D eigenvalue weighted by molar-refractivity contribution is 0.0590. The van der Waals surface area contributed by atoms with Crippen molar-refractivity contribution in [3.05, 3.63) is 41.7 Å². The molecule has 0 bridgehead atoms. The Hall–Kier alpha value is -2.56. The summed E-state index contributed by atoms with van der Waals surface area (Å²) in [5.74, 6) is 0.926. The van der Waals surface area contributed by atoms with Crippen LogP contribution in [0.15, 0.2) is 35.4 Å². The van der Waals surface area contributed by atoms with Crippen molar-refractivity contribution < 1.29 is 27.4 Å². The maximum absolute atomic E-state index is 13.0. The Morgan fingerprint density at radius 1 is 1.10 bits per heavy atom. The molecule has 0 aliphatic carbocycles. The van der Waals surface area contributed by atoms with Gasteiger partial charge in [0.15, 0.2) is 11.5 Å². The molecule has 1 aromatic carbocycles. The van der Waals surface area contributed by atoms with Crippen molar-refractivity contribution in [2.24, 2.45) is 7.05 Å². The van der Waals surface area contributed by atoms with E-state index in [1.807, 2.05) is 18.2 Å². The highest BCUT2D eigenvalue weighted by Gasteiger charge is 2.30. The molecule has 2 aromatic rings. The van der Waals surface area contributed by atoms with Crippen molar-refractivity contribution in [1.29, 1.82) is 0 Å². The van der Waals surface area contributed by atoms with E-state index in [-0.39, 0.29) is 17.4 Å². The molecular formula is C19H23N3O6S. The van der Waals surface area contributed by atoms with Crippen LogP contribution in [0, 0.1) is 0 Å². The molecule has 0 spiro atoms. The highest BCUT2D eigenvalue weighted by atomic mass is 32.2. The number of methoxy groups -OCH3 is 1. The lowest BCUT2D eigenvalue weighted by Gasteiger charge is -2.33. The van der Waals surface area contributed by atoms with E-state index in [2.05, 4.69) is 4.90 Å². The SMILES string of the molecule is COC(=O)c1cc(S(=O)(=O)N2CCN(Cc3ccc4c(c3)OCO4)CC2)cn1C. The van der Waals surface area contributed by atoms with Gasteiger partial charge in [0.05, 0.1) is 7.11 Å². The number of esters is 1. The molecule has 156 valence electrons. The second kappa shape index (κ2) is 7.69. The maximum Gasteiger partial charge on any atom is 0.354 e. The van der Waals surface area contributed by atoms with Crippen LogP contribution in [0.3, 0.4) is 0 Å². The number of rotatable bonds is 5. The van der Waals surface area contributed by atoms with Gasteiger partial charge < -0.3 is 18.8 Å². The number of hydrogen-bond donors (Lipinski definition) is 0. The topological polar surface area (TPSA) is 90.3 Å². The largest absolute Gasteiger partial charge is 0.464 e. The number of piperazine rings is 1. The lowest BCUT2D eigenvalue weighted by Crippen LogP contribution is -2.48. The Balaban J connectivity index is 1.40. The minimum absolute atomic E-state index is 0.102. The average Bonchev–Trinajstić information content (AvgIpc) is 3.34. The highest BCUT2D eigenvalue weighted by molar-refractivity contribution is 7.89. The minimum Gasteiger partial charge on any atom is -0.464 e. The van der Waals surface area contributed by atoms with Crippen LogP contribution in [0.5, 0.6) is 11.5 Å². The molecule has 4 rings (SSSR count). The lowest BCUT2D eigenvalue weighted by atomic mass is 10.2. The zero-order valence-corrected chi connectivity index (χ0v) is 17.1. The summed E-state index contributed by atoms with van der Waals surface area (Å²) in [6.07, 6.45) is 1.45. The summed E-state index contributed by atoms with van der Waals surface area (Å²) >= 11 is 0. The molecule has 29 heavy (non-hydrogen) atoms. The van der Waals surface area contributed by atoms with Gasteiger partial charge in [0.1, 0.15) is 10.6 Å². The molecule has 10 heteroatoms. The van der Waals surface area contributed by atoms with E-state index in [1.165, 1.54) is 28.2 Å². The van der Waals surface area contributed by atoms with Gasteiger partial charge in [-0.1, -0.05) is 6.07 Å². The van der Waals surface area contributed by atoms with E-state index in [1.54, 1.807) is 7.05 Å². The molecule has 0 unspecified atom stereocenters. The van der Waals surface area contributed by atoms with Gasteiger partial charge in [0, 0.05) is 46.0 Å². The molecule has 0 N–H and O–H groups in total. The number of ether oxygens (including phenoxy) is 3. The Bertz CT molecular complexity index is 1020. The number of nitrogens with zero attached hydrogens (tertiary/aromatic N) is 3. The first-order chi connectivity index (χ1) is 13.9. The number of sulfonamides is 1. The molecule has 0 radical (unpaired) electrons. The number of carbonyl (C=O) groups is 1. The van der Waals surface area contributed by atoms with Crippen molar-refractivity contribution in [2.45, 2.75) is 11.4 Å². The van der Waals surface area contributed by atoms with Gasteiger partial charge in [0.2, 0.25) is 16.8 Å². The van der Waals surface area contributed by atoms with Crippen LogP contribution in [-0.2, 0) is 28.4 Å². The number of hydrogen-bond acceptors (Lipinski definition) is 7. The molecule has 0 saturated carbocycles. The molecular weight excluding hydrogens is 398 g/mol. The standard InChI is InChI=1S/C19H23N3O6S/c1-20-12-15(10-16(20)19(23)26-2)29(24,25)22-7-5-21(6-8-22)11-14-3-4-17-18(9-14)28-13-27-17/h3-4,9-10,12H,5-8,11,13H2,1-2H3. The fourth-order valence-corrected chi connectivity index (χ4v) is 5.05. The number of fused-ring (bicyclic) bond motifs is 1. The van der Waals surface area contributed by atoms with Crippen molar-refractivity contribution in [3.8, 4) is 11.5 Å². The summed E-state index contributed by atoms with van der Waals surface area (Å²) in [5, 5.41) is 0. The van der Waals surface area contributed by atoms with Gasteiger partial charge in [-0.15, -0.1) is 0 Å². The minimum atomic E-state index is -3.67. The van der Waals surface area contributed by atoms with Crippen LogP contribution < -0.4 is 9.47 Å². The van der Waals surface area contributed by atoms with Crippen molar-refractivity contribution in [1.82, 2.24) is 13.8 Å².